The fraction of sp³-hybridized carbons (Fsp3) is 0.909. The van der Waals surface area contributed by atoms with Crippen LogP contribution in [-0.2, 0) is 9.53 Å². The van der Waals surface area contributed by atoms with Crippen LogP contribution in [0.1, 0.15) is 39.5 Å². The molecule has 0 radical (unpaired) electrons. The monoisotopic (exact) mass is 214 g/mol. The topological polar surface area (TPSA) is 64.3 Å². The van der Waals surface area contributed by atoms with Gasteiger partial charge in [0.25, 0.3) is 5.91 Å². The molecule has 1 aliphatic heterocycles. The molecule has 0 aromatic heterocycles. The molecule has 2 atom stereocenters. The average molecular weight is 214 g/mol. The van der Waals surface area contributed by atoms with Gasteiger partial charge in [-0.3, -0.25) is 4.79 Å². The molecule has 88 valence electrons. The van der Waals surface area contributed by atoms with E-state index in [0.29, 0.717) is 13.2 Å². The highest BCUT2D eigenvalue weighted by Crippen LogP contribution is 2.24. The second-order valence-corrected chi connectivity index (χ2v) is 4.40. The smallest absolute Gasteiger partial charge is 0.251 e. The van der Waals surface area contributed by atoms with Gasteiger partial charge in [0.1, 0.15) is 5.60 Å². The fourth-order valence-electron chi connectivity index (χ4n) is 1.72. The van der Waals surface area contributed by atoms with E-state index in [1.165, 1.54) is 0 Å². The fourth-order valence-corrected chi connectivity index (χ4v) is 1.72. The number of nitrogens with two attached hydrogens (primary N) is 1. The van der Waals surface area contributed by atoms with E-state index < -0.39 is 5.60 Å². The van der Waals surface area contributed by atoms with Crippen molar-refractivity contribution in [2.45, 2.75) is 51.2 Å². The second kappa shape index (κ2) is 5.47. The molecule has 0 aromatic carbocycles. The Labute approximate surface area is 91.5 Å². The predicted molar refractivity (Wildman–Crippen MR) is 59.5 cm³/mol. The van der Waals surface area contributed by atoms with E-state index >= 15 is 0 Å². The lowest BCUT2D eigenvalue weighted by Crippen LogP contribution is -2.45. The third kappa shape index (κ3) is 3.47. The number of hydrogen-bond acceptors (Lipinski definition) is 3. The summed E-state index contributed by atoms with van der Waals surface area (Å²) in [6, 6.07) is 0.183. The van der Waals surface area contributed by atoms with Crippen LogP contribution >= 0.6 is 0 Å². The summed E-state index contributed by atoms with van der Waals surface area (Å²) in [5.74, 6) is 0.00306. The van der Waals surface area contributed by atoms with Gasteiger partial charge in [0.05, 0.1) is 0 Å². The lowest BCUT2D eigenvalue weighted by Gasteiger charge is -2.22. The number of rotatable bonds is 5. The van der Waals surface area contributed by atoms with E-state index in [4.69, 9.17) is 10.5 Å². The molecule has 0 aromatic rings. The molecule has 0 saturated carbocycles. The first-order valence-electron chi connectivity index (χ1n) is 5.76. The molecule has 1 heterocycles. The molecule has 0 spiro atoms. The Morgan fingerprint density at radius 1 is 1.67 bits per heavy atom. The number of ether oxygens (including phenoxy) is 1. The predicted octanol–water partition coefficient (Wildman–Crippen LogP) is 0.799. The molecular weight excluding hydrogens is 192 g/mol. The minimum absolute atomic E-state index is 0.00306. The van der Waals surface area contributed by atoms with Crippen LogP contribution in [0.15, 0.2) is 0 Å². The summed E-state index contributed by atoms with van der Waals surface area (Å²) in [6.45, 7) is 5.24. The summed E-state index contributed by atoms with van der Waals surface area (Å²) in [6.07, 6.45) is 3.57. The van der Waals surface area contributed by atoms with Crippen LogP contribution in [0.25, 0.3) is 0 Å². The van der Waals surface area contributed by atoms with Crippen LogP contribution in [0.2, 0.25) is 0 Å². The first kappa shape index (κ1) is 12.5. The molecule has 1 amide bonds. The minimum Gasteiger partial charge on any atom is -0.365 e. The zero-order valence-electron chi connectivity index (χ0n) is 9.71. The number of amides is 1. The van der Waals surface area contributed by atoms with Gasteiger partial charge in [-0.1, -0.05) is 6.92 Å². The summed E-state index contributed by atoms with van der Waals surface area (Å²) in [4.78, 5) is 11.8. The van der Waals surface area contributed by atoms with Gasteiger partial charge in [0.15, 0.2) is 0 Å². The van der Waals surface area contributed by atoms with Crippen molar-refractivity contribution in [1.82, 2.24) is 5.32 Å². The summed E-state index contributed by atoms with van der Waals surface area (Å²) >= 11 is 0. The van der Waals surface area contributed by atoms with Crippen molar-refractivity contribution in [3.05, 3.63) is 0 Å². The van der Waals surface area contributed by atoms with Crippen LogP contribution in [0.4, 0.5) is 0 Å². The zero-order chi connectivity index (χ0) is 11.3. The Balaban J connectivity index is 2.24. The molecule has 3 N–H and O–H groups in total. The Bertz CT molecular complexity index is 213. The number of hydrogen-bond donors (Lipinski definition) is 2. The molecule has 15 heavy (non-hydrogen) atoms. The van der Waals surface area contributed by atoms with Gasteiger partial charge in [0, 0.05) is 19.2 Å². The lowest BCUT2D eigenvalue weighted by atomic mass is 10.0. The Morgan fingerprint density at radius 2 is 2.40 bits per heavy atom. The Hall–Kier alpha value is -0.610. The first-order valence-corrected chi connectivity index (χ1v) is 5.76. The molecular formula is C11H22N2O2. The van der Waals surface area contributed by atoms with E-state index in [1.54, 1.807) is 0 Å². The maximum atomic E-state index is 11.8. The molecule has 1 fully saturated rings. The van der Waals surface area contributed by atoms with E-state index in [-0.39, 0.29) is 11.9 Å². The van der Waals surface area contributed by atoms with Gasteiger partial charge in [0.2, 0.25) is 0 Å². The normalized spacial score (nSPS) is 27.7. The highest BCUT2D eigenvalue weighted by molar-refractivity contribution is 5.84. The van der Waals surface area contributed by atoms with Crippen LogP contribution < -0.4 is 11.1 Å². The van der Waals surface area contributed by atoms with E-state index in [9.17, 15) is 4.79 Å². The van der Waals surface area contributed by atoms with E-state index in [1.807, 2.05) is 13.8 Å². The maximum absolute atomic E-state index is 11.8. The molecule has 4 nitrogen and oxygen atoms in total. The van der Waals surface area contributed by atoms with Crippen molar-refractivity contribution in [3.63, 3.8) is 0 Å². The van der Waals surface area contributed by atoms with Gasteiger partial charge >= 0.3 is 0 Å². The number of carbonyl (C=O) groups excluding carboxylic acids is 1. The maximum Gasteiger partial charge on any atom is 0.251 e. The second-order valence-electron chi connectivity index (χ2n) is 4.40. The van der Waals surface area contributed by atoms with Crippen LogP contribution in [0, 0.1) is 0 Å². The van der Waals surface area contributed by atoms with Crippen molar-refractivity contribution in [1.29, 1.82) is 0 Å². The van der Waals surface area contributed by atoms with Gasteiger partial charge < -0.3 is 15.8 Å². The highest BCUT2D eigenvalue weighted by atomic mass is 16.5. The molecule has 1 aliphatic rings. The molecule has 0 aliphatic carbocycles. The van der Waals surface area contributed by atoms with Crippen molar-refractivity contribution >= 4 is 5.91 Å². The molecule has 1 rings (SSSR count). The summed E-state index contributed by atoms with van der Waals surface area (Å²) in [5, 5.41) is 2.89. The highest BCUT2D eigenvalue weighted by Gasteiger charge is 2.37. The van der Waals surface area contributed by atoms with Gasteiger partial charge in [-0.15, -0.1) is 0 Å². The number of carbonyl (C=O) groups is 1. The van der Waals surface area contributed by atoms with Crippen molar-refractivity contribution in [3.8, 4) is 0 Å². The summed E-state index contributed by atoms with van der Waals surface area (Å²) in [5.41, 5.74) is 5.16. The molecule has 4 heteroatoms. The standard InChI is InChI=1S/C11H22N2O2/c1-3-9(12)5-7-13-10(14)11(2)6-4-8-15-11/h9H,3-8,12H2,1-2H3,(H,13,14). The molecule has 2 unspecified atom stereocenters. The average Bonchev–Trinajstić information content (AvgIpc) is 2.66. The van der Waals surface area contributed by atoms with Gasteiger partial charge in [-0.05, 0) is 32.6 Å². The van der Waals surface area contributed by atoms with Crippen molar-refractivity contribution in [2.75, 3.05) is 13.2 Å². The van der Waals surface area contributed by atoms with Crippen LogP contribution in [-0.4, -0.2) is 30.7 Å². The third-order valence-electron chi connectivity index (χ3n) is 3.02. The largest absolute Gasteiger partial charge is 0.365 e. The van der Waals surface area contributed by atoms with Crippen LogP contribution in [0.5, 0.6) is 0 Å². The van der Waals surface area contributed by atoms with E-state index in [0.717, 1.165) is 25.7 Å². The minimum atomic E-state index is -0.601. The van der Waals surface area contributed by atoms with Crippen LogP contribution in [0.3, 0.4) is 0 Å². The summed E-state index contributed by atoms with van der Waals surface area (Å²) < 4.78 is 5.44. The van der Waals surface area contributed by atoms with Crippen molar-refractivity contribution < 1.29 is 9.53 Å². The molecule has 1 saturated heterocycles. The lowest BCUT2D eigenvalue weighted by molar-refractivity contribution is -0.139. The Kier molecular flexibility index (Phi) is 4.54. The van der Waals surface area contributed by atoms with Gasteiger partial charge in [-0.2, -0.15) is 0 Å². The SMILES string of the molecule is CCC(N)CCNC(=O)C1(C)CCCO1. The van der Waals surface area contributed by atoms with Crippen molar-refractivity contribution in [2.24, 2.45) is 5.73 Å². The quantitative estimate of drug-likeness (QED) is 0.711. The molecule has 0 bridgehead atoms. The summed E-state index contributed by atoms with van der Waals surface area (Å²) in [7, 11) is 0. The first-order chi connectivity index (χ1) is 7.08. The van der Waals surface area contributed by atoms with Gasteiger partial charge in [-0.25, -0.2) is 0 Å². The Morgan fingerprint density at radius 3 is 2.93 bits per heavy atom. The van der Waals surface area contributed by atoms with E-state index in [2.05, 4.69) is 5.32 Å². The zero-order valence-corrected chi connectivity index (χ0v) is 9.71. The number of nitrogens with one attached hydrogen (secondary N) is 1. The third-order valence-corrected chi connectivity index (χ3v) is 3.02.